The molecule has 0 saturated heterocycles. The lowest BCUT2D eigenvalue weighted by atomic mass is 10.0. The van der Waals surface area contributed by atoms with Crippen LogP contribution in [0.3, 0.4) is 0 Å². The van der Waals surface area contributed by atoms with Crippen LogP contribution >= 0.6 is 15.9 Å². The number of halogens is 1. The molecule has 0 bridgehead atoms. The molecule has 36 heavy (non-hydrogen) atoms. The number of hydrogen-bond acceptors (Lipinski definition) is 3. The van der Waals surface area contributed by atoms with Crippen molar-refractivity contribution in [2.45, 2.75) is 59.2 Å². The molecule has 1 N–H and O–H groups in total. The van der Waals surface area contributed by atoms with Gasteiger partial charge in [0.05, 0.1) is 0 Å². The first-order valence-electron chi connectivity index (χ1n) is 12.3. The molecule has 0 fully saturated rings. The smallest absolute Gasteiger partial charge is 0.261 e. The Labute approximate surface area is 223 Å². The van der Waals surface area contributed by atoms with Crippen LogP contribution in [0.5, 0.6) is 5.75 Å². The molecule has 0 spiro atoms. The highest BCUT2D eigenvalue weighted by Gasteiger charge is 2.31. The standard InChI is InChI=1S/C30H35BrN2O3/c1-5-23(4)32-30(35)27(18-24-9-7-6-8-10-24)33(19-25-12-14-26(31)15-13-25)29(34)20-36-28-16-11-21(2)17-22(28)3/h6-17,23,27H,5,18-20H2,1-4H3,(H,32,35)/t23-,27-/m1/s1. The molecule has 0 aliphatic rings. The number of benzene rings is 3. The van der Waals surface area contributed by atoms with Crippen LogP contribution in [0.25, 0.3) is 0 Å². The van der Waals surface area contributed by atoms with Gasteiger partial charge in [-0.15, -0.1) is 0 Å². The van der Waals surface area contributed by atoms with Gasteiger partial charge in [0.15, 0.2) is 6.61 Å². The van der Waals surface area contributed by atoms with Crippen LogP contribution in [0.1, 0.15) is 42.5 Å². The van der Waals surface area contributed by atoms with Crippen molar-refractivity contribution in [3.63, 3.8) is 0 Å². The molecule has 3 aromatic carbocycles. The third-order valence-corrected chi connectivity index (χ3v) is 6.75. The zero-order chi connectivity index (χ0) is 26.1. The molecule has 6 heteroatoms. The summed E-state index contributed by atoms with van der Waals surface area (Å²) in [5.41, 5.74) is 4.03. The first kappa shape index (κ1) is 27.5. The van der Waals surface area contributed by atoms with Gasteiger partial charge in [0.1, 0.15) is 11.8 Å². The van der Waals surface area contributed by atoms with Gasteiger partial charge < -0.3 is 15.0 Å². The zero-order valence-electron chi connectivity index (χ0n) is 21.5. The van der Waals surface area contributed by atoms with Crippen molar-refractivity contribution in [2.75, 3.05) is 6.61 Å². The highest BCUT2D eigenvalue weighted by Crippen LogP contribution is 2.21. The summed E-state index contributed by atoms with van der Waals surface area (Å²) in [6.45, 7) is 8.13. The Hall–Kier alpha value is -3.12. The Kier molecular flexibility index (Phi) is 10.1. The molecule has 3 rings (SSSR count). The van der Waals surface area contributed by atoms with E-state index >= 15 is 0 Å². The third kappa shape index (κ3) is 7.95. The van der Waals surface area contributed by atoms with Crippen LogP contribution in [-0.2, 0) is 22.6 Å². The van der Waals surface area contributed by atoms with E-state index in [-0.39, 0.29) is 24.5 Å². The summed E-state index contributed by atoms with van der Waals surface area (Å²) in [5, 5.41) is 3.09. The molecule has 0 aliphatic heterocycles. The van der Waals surface area contributed by atoms with Crippen LogP contribution in [0.2, 0.25) is 0 Å². The van der Waals surface area contributed by atoms with Crippen molar-refractivity contribution in [1.29, 1.82) is 0 Å². The van der Waals surface area contributed by atoms with E-state index < -0.39 is 6.04 Å². The monoisotopic (exact) mass is 550 g/mol. The van der Waals surface area contributed by atoms with Crippen molar-refractivity contribution in [2.24, 2.45) is 0 Å². The first-order chi connectivity index (χ1) is 17.3. The van der Waals surface area contributed by atoms with Crippen molar-refractivity contribution >= 4 is 27.7 Å². The number of amides is 2. The molecule has 0 unspecified atom stereocenters. The lowest BCUT2D eigenvalue weighted by molar-refractivity contribution is -0.143. The summed E-state index contributed by atoms with van der Waals surface area (Å²) in [4.78, 5) is 28.8. The fourth-order valence-corrected chi connectivity index (χ4v) is 4.23. The van der Waals surface area contributed by atoms with Crippen LogP contribution in [0.15, 0.2) is 77.3 Å². The SMILES string of the molecule is CC[C@@H](C)NC(=O)[C@@H](Cc1ccccc1)N(Cc1ccc(Br)cc1)C(=O)COc1ccc(C)cc1C. The van der Waals surface area contributed by atoms with Gasteiger partial charge in [-0.2, -0.15) is 0 Å². The molecule has 0 aliphatic carbocycles. The number of carbonyl (C=O) groups is 2. The molecule has 0 aromatic heterocycles. The van der Waals surface area contributed by atoms with E-state index in [4.69, 9.17) is 4.74 Å². The minimum atomic E-state index is -0.680. The van der Waals surface area contributed by atoms with Gasteiger partial charge in [0.25, 0.3) is 5.91 Å². The fourth-order valence-electron chi connectivity index (χ4n) is 3.97. The van der Waals surface area contributed by atoms with Gasteiger partial charge in [-0.25, -0.2) is 0 Å². The highest BCUT2D eigenvalue weighted by molar-refractivity contribution is 9.10. The molecule has 3 aromatic rings. The van der Waals surface area contributed by atoms with Crippen LogP contribution < -0.4 is 10.1 Å². The van der Waals surface area contributed by atoms with E-state index in [1.165, 1.54) is 0 Å². The van der Waals surface area contributed by atoms with E-state index in [1.54, 1.807) is 4.90 Å². The second-order valence-electron chi connectivity index (χ2n) is 9.23. The van der Waals surface area contributed by atoms with Gasteiger partial charge in [0, 0.05) is 23.5 Å². The lowest BCUT2D eigenvalue weighted by Crippen LogP contribution is -2.53. The maximum absolute atomic E-state index is 13.7. The van der Waals surface area contributed by atoms with Gasteiger partial charge in [0.2, 0.25) is 5.91 Å². The lowest BCUT2D eigenvalue weighted by Gasteiger charge is -2.32. The second kappa shape index (κ2) is 13.3. The second-order valence-corrected chi connectivity index (χ2v) is 10.1. The number of ether oxygens (including phenoxy) is 1. The number of aryl methyl sites for hydroxylation is 2. The molecule has 0 heterocycles. The summed E-state index contributed by atoms with van der Waals surface area (Å²) < 4.78 is 6.90. The molecular formula is C30H35BrN2O3. The normalized spacial score (nSPS) is 12.5. The highest BCUT2D eigenvalue weighted by atomic mass is 79.9. The minimum Gasteiger partial charge on any atom is -0.483 e. The Morgan fingerprint density at radius 1 is 0.972 bits per heavy atom. The first-order valence-corrected chi connectivity index (χ1v) is 13.1. The fraction of sp³-hybridized carbons (Fsp3) is 0.333. The average molecular weight is 552 g/mol. The molecule has 0 saturated carbocycles. The zero-order valence-corrected chi connectivity index (χ0v) is 23.0. The average Bonchev–Trinajstić information content (AvgIpc) is 2.87. The van der Waals surface area contributed by atoms with Crippen molar-refractivity contribution in [3.8, 4) is 5.75 Å². The van der Waals surface area contributed by atoms with Gasteiger partial charge in [-0.1, -0.05) is 83.0 Å². The Balaban J connectivity index is 1.91. The topological polar surface area (TPSA) is 58.6 Å². The number of nitrogens with one attached hydrogen (secondary N) is 1. The van der Waals surface area contributed by atoms with Crippen molar-refractivity contribution in [1.82, 2.24) is 10.2 Å². The van der Waals surface area contributed by atoms with E-state index in [9.17, 15) is 9.59 Å². The summed E-state index contributed by atoms with van der Waals surface area (Å²) in [5.74, 6) is 0.268. The van der Waals surface area contributed by atoms with Gasteiger partial charge in [-0.3, -0.25) is 9.59 Å². The van der Waals surface area contributed by atoms with Crippen LogP contribution in [0.4, 0.5) is 0 Å². The number of nitrogens with zero attached hydrogens (tertiary/aromatic N) is 1. The molecular weight excluding hydrogens is 516 g/mol. The molecule has 2 atom stereocenters. The summed E-state index contributed by atoms with van der Waals surface area (Å²) in [7, 11) is 0. The molecule has 0 radical (unpaired) electrons. The minimum absolute atomic E-state index is 0.00636. The summed E-state index contributed by atoms with van der Waals surface area (Å²) >= 11 is 3.47. The Morgan fingerprint density at radius 2 is 1.67 bits per heavy atom. The molecule has 5 nitrogen and oxygen atoms in total. The van der Waals surface area contributed by atoms with E-state index in [1.807, 2.05) is 100 Å². The molecule has 190 valence electrons. The predicted molar refractivity (Wildman–Crippen MR) is 148 cm³/mol. The van der Waals surface area contributed by atoms with Crippen molar-refractivity contribution < 1.29 is 14.3 Å². The van der Waals surface area contributed by atoms with Crippen LogP contribution in [0, 0.1) is 13.8 Å². The predicted octanol–water partition coefficient (Wildman–Crippen LogP) is 6.00. The van der Waals surface area contributed by atoms with Crippen molar-refractivity contribution in [3.05, 3.63) is 99.5 Å². The number of rotatable bonds is 11. The summed E-state index contributed by atoms with van der Waals surface area (Å²) in [6.07, 6.45) is 1.22. The van der Waals surface area contributed by atoms with Gasteiger partial charge >= 0.3 is 0 Å². The number of carbonyl (C=O) groups excluding carboxylic acids is 2. The van der Waals surface area contributed by atoms with E-state index in [0.717, 1.165) is 33.1 Å². The van der Waals surface area contributed by atoms with E-state index in [0.29, 0.717) is 18.7 Å². The molecule has 2 amide bonds. The van der Waals surface area contributed by atoms with E-state index in [2.05, 4.69) is 21.2 Å². The Bertz CT molecular complexity index is 1150. The maximum atomic E-state index is 13.7. The van der Waals surface area contributed by atoms with Gasteiger partial charge in [-0.05, 0) is 62.1 Å². The summed E-state index contributed by atoms with van der Waals surface area (Å²) in [6, 6.07) is 22.8. The van der Waals surface area contributed by atoms with Crippen LogP contribution in [-0.4, -0.2) is 35.4 Å². The quantitative estimate of drug-likeness (QED) is 0.318. The number of hydrogen-bond donors (Lipinski definition) is 1. The third-order valence-electron chi connectivity index (χ3n) is 6.22. The largest absolute Gasteiger partial charge is 0.483 e. The Morgan fingerprint density at radius 3 is 2.31 bits per heavy atom. The maximum Gasteiger partial charge on any atom is 0.261 e.